The Bertz CT molecular complexity index is 211. The molecule has 0 aromatic carbocycles. The van der Waals surface area contributed by atoms with Gasteiger partial charge < -0.3 is 10.7 Å². The van der Waals surface area contributed by atoms with Crippen LogP contribution in [0.15, 0.2) is 18.3 Å². The molecule has 2 heteroatoms. The molecule has 0 spiro atoms. The maximum Gasteiger partial charge on any atom is 0.0476 e. The van der Waals surface area contributed by atoms with Gasteiger partial charge in [0.05, 0.1) is 0 Å². The highest BCUT2D eigenvalue weighted by molar-refractivity contribution is 5.10. The van der Waals surface area contributed by atoms with Gasteiger partial charge in [-0.2, -0.15) is 0 Å². The molecule has 0 bridgehead atoms. The second-order valence-electron chi connectivity index (χ2n) is 3.34. The van der Waals surface area contributed by atoms with Crippen molar-refractivity contribution in [3.63, 3.8) is 0 Å². The number of aromatic amines is 1. The molecule has 0 saturated heterocycles. The number of nitrogens with one attached hydrogen (secondary N) is 1. The summed E-state index contributed by atoms with van der Waals surface area (Å²) < 4.78 is 0. The first-order chi connectivity index (χ1) is 5.38. The molecule has 0 radical (unpaired) electrons. The highest BCUT2D eigenvalue weighted by Crippen LogP contribution is 2.35. The Morgan fingerprint density at radius 1 is 1.55 bits per heavy atom. The molecule has 60 valence electrons. The van der Waals surface area contributed by atoms with Crippen LogP contribution in [0.4, 0.5) is 0 Å². The van der Waals surface area contributed by atoms with Crippen LogP contribution in [-0.2, 0) is 0 Å². The average Bonchev–Trinajstić information content (AvgIpc) is 2.32. The van der Waals surface area contributed by atoms with E-state index < -0.39 is 0 Å². The van der Waals surface area contributed by atoms with Crippen molar-refractivity contribution in [3.8, 4) is 0 Å². The van der Waals surface area contributed by atoms with Gasteiger partial charge in [0.1, 0.15) is 0 Å². The molecule has 1 aromatic rings. The fourth-order valence-corrected chi connectivity index (χ4v) is 1.60. The molecule has 1 aliphatic carbocycles. The Kier molecular flexibility index (Phi) is 1.70. The lowest BCUT2D eigenvalue weighted by molar-refractivity contribution is 0.261. The highest BCUT2D eigenvalue weighted by Gasteiger charge is 2.25. The van der Waals surface area contributed by atoms with Crippen molar-refractivity contribution < 1.29 is 0 Å². The standard InChI is InChI=1S/C9H14N2/c10-9(7-3-1-4-7)8-5-2-6-11-8/h2,5-7,9,11H,1,3-4,10H2. The van der Waals surface area contributed by atoms with Crippen LogP contribution in [0.5, 0.6) is 0 Å². The number of nitrogens with two attached hydrogens (primary N) is 1. The maximum absolute atomic E-state index is 6.01. The van der Waals surface area contributed by atoms with Crippen molar-refractivity contribution in [3.05, 3.63) is 24.0 Å². The lowest BCUT2D eigenvalue weighted by atomic mass is 9.79. The van der Waals surface area contributed by atoms with Crippen LogP contribution >= 0.6 is 0 Å². The first-order valence-electron chi connectivity index (χ1n) is 4.27. The normalized spacial score (nSPS) is 21.2. The van der Waals surface area contributed by atoms with Crippen LogP contribution < -0.4 is 5.73 Å². The predicted octanol–water partition coefficient (Wildman–Crippen LogP) is 1.81. The van der Waals surface area contributed by atoms with Crippen LogP contribution in [0.3, 0.4) is 0 Å². The largest absolute Gasteiger partial charge is 0.364 e. The summed E-state index contributed by atoms with van der Waals surface area (Å²) in [7, 11) is 0. The van der Waals surface area contributed by atoms with Crippen molar-refractivity contribution in [2.45, 2.75) is 25.3 Å². The van der Waals surface area contributed by atoms with Gasteiger partial charge >= 0.3 is 0 Å². The summed E-state index contributed by atoms with van der Waals surface area (Å²) in [5.74, 6) is 0.730. The predicted molar refractivity (Wildman–Crippen MR) is 45.1 cm³/mol. The van der Waals surface area contributed by atoms with Gasteiger partial charge in [-0.25, -0.2) is 0 Å². The Morgan fingerprint density at radius 2 is 2.36 bits per heavy atom. The summed E-state index contributed by atoms with van der Waals surface area (Å²) >= 11 is 0. The van der Waals surface area contributed by atoms with Crippen molar-refractivity contribution in [2.75, 3.05) is 0 Å². The molecule has 0 amide bonds. The Balaban J connectivity index is 2.04. The summed E-state index contributed by atoms with van der Waals surface area (Å²) in [6.45, 7) is 0. The Labute approximate surface area is 66.8 Å². The van der Waals surface area contributed by atoms with Crippen molar-refractivity contribution in [1.82, 2.24) is 4.98 Å². The zero-order chi connectivity index (χ0) is 7.68. The molecule has 1 fully saturated rings. The van der Waals surface area contributed by atoms with E-state index in [1.165, 1.54) is 25.0 Å². The second kappa shape index (κ2) is 2.70. The van der Waals surface area contributed by atoms with E-state index >= 15 is 0 Å². The highest BCUT2D eigenvalue weighted by atomic mass is 14.8. The molecule has 1 saturated carbocycles. The number of aromatic nitrogens is 1. The van der Waals surface area contributed by atoms with E-state index in [0.717, 1.165) is 5.92 Å². The number of hydrogen-bond donors (Lipinski definition) is 2. The second-order valence-corrected chi connectivity index (χ2v) is 3.34. The summed E-state index contributed by atoms with van der Waals surface area (Å²) in [6, 6.07) is 4.33. The topological polar surface area (TPSA) is 41.8 Å². The SMILES string of the molecule is NC(c1ccc[nH]1)C1CCC1. The fraction of sp³-hybridized carbons (Fsp3) is 0.556. The maximum atomic E-state index is 6.01. The molecule has 3 N–H and O–H groups in total. The number of H-pyrrole nitrogens is 1. The van der Waals surface area contributed by atoms with Crippen LogP contribution in [0.1, 0.15) is 31.0 Å². The van der Waals surface area contributed by atoms with Gasteiger partial charge in [-0.1, -0.05) is 6.42 Å². The van der Waals surface area contributed by atoms with E-state index in [4.69, 9.17) is 5.73 Å². The minimum absolute atomic E-state index is 0.249. The van der Waals surface area contributed by atoms with E-state index in [2.05, 4.69) is 11.1 Å². The van der Waals surface area contributed by atoms with Crippen molar-refractivity contribution in [1.29, 1.82) is 0 Å². The van der Waals surface area contributed by atoms with Gasteiger partial charge in [0, 0.05) is 17.9 Å². The van der Waals surface area contributed by atoms with Gasteiger partial charge in [-0.3, -0.25) is 0 Å². The number of hydrogen-bond acceptors (Lipinski definition) is 1. The van der Waals surface area contributed by atoms with Crippen LogP contribution in [0.2, 0.25) is 0 Å². The zero-order valence-corrected chi connectivity index (χ0v) is 6.59. The number of rotatable bonds is 2. The molecule has 2 nitrogen and oxygen atoms in total. The lowest BCUT2D eigenvalue weighted by Gasteiger charge is -2.30. The average molecular weight is 150 g/mol. The van der Waals surface area contributed by atoms with Gasteiger partial charge in [0.2, 0.25) is 0 Å². The van der Waals surface area contributed by atoms with Gasteiger partial charge in [-0.05, 0) is 30.9 Å². The molecule has 1 aromatic heterocycles. The minimum atomic E-state index is 0.249. The molecule has 1 aliphatic rings. The van der Waals surface area contributed by atoms with Gasteiger partial charge in [0.25, 0.3) is 0 Å². The molecule has 2 rings (SSSR count). The third-order valence-corrected chi connectivity index (χ3v) is 2.64. The molecular formula is C9H14N2. The Morgan fingerprint density at radius 3 is 2.82 bits per heavy atom. The van der Waals surface area contributed by atoms with Crippen LogP contribution in [0.25, 0.3) is 0 Å². The van der Waals surface area contributed by atoms with Crippen LogP contribution in [-0.4, -0.2) is 4.98 Å². The van der Waals surface area contributed by atoms with Crippen LogP contribution in [0, 0.1) is 5.92 Å². The van der Waals surface area contributed by atoms with E-state index in [1.54, 1.807) is 0 Å². The summed E-state index contributed by atoms with van der Waals surface area (Å²) in [5, 5.41) is 0. The lowest BCUT2D eigenvalue weighted by Crippen LogP contribution is -2.26. The molecule has 11 heavy (non-hydrogen) atoms. The van der Waals surface area contributed by atoms with E-state index in [9.17, 15) is 0 Å². The van der Waals surface area contributed by atoms with E-state index in [1.807, 2.05) is 12.3 Å². The third-order valence-electron chi connectivity index (χ3n) is 2.64. The zero-order valence-electron chi connectivity index (χ0n) is 6.59. The van der Waals surface area contributed by atoms with E-state index in [-0.39, 0.29) is 6.04 Å². The van der Waals surface area contributed by atoms with E-state index in [0.29, 0.717) is 0 Å². The summed E-state index contributed by atoms with van der Waals surface area (Å²) in [5.41, 5.74) is 7.20. The quantitative estimate of drug-likeness (QED) is 0.663. The summed E-state index contributed by atoms with van der Waals surface area (Å²) in [6.07, 6.45) is 5.91. The van der Waals surface area contributed by atoms with Gasteiger partial charge in [-0.15, -0.1) is 0 Å². The van der Waals surface area contributed by atoms with Gasteiger partial charge in [0.15, 0.2) is 0 Å². The first-order valence-corrected chi connectivity index (χ1v) is 4.27. The molecule has 1 atom stereocenters. The molecule has 0 aliphatic heterocycles. The minimum Gasteiger partial charge on any atom is -0.364 e. The molecular weight excluding hydrogens is 136 g/mol. The fourth-order valence-electron chi connectivity index (χ4n) is 1.60. The first kappa shape index (κ1) is 6.92. The molecule has 1 heterocycles. The molecule has 1 unspecified atom stereocenters. The van der Waals surface area contributed by atoms with Crippen molar-refractivity contribution >= 4 is 0 Å². The Hall–Kier alpha value is -0.760. The summed E-state index contributed by atoms with van der Waals surface area (Å²) in [4.78, 5) is 3.16. The third kappa shape index (κ3) is 1.18. The smallest absolute Gasteiger partial charge is 0.0476 e. The monoisotopic (exact) mass is 150 g/mol. The van der Waals surface area contributed by atoms with Crippen molar-refractivity contribution in [2.24, 2.45) is 11.7 Å².